The molecular formula is C11H19NO3S. The van der Waals surface area contributed by atoms with Gasteiger partial charge in [0.05, 0.1) is 0 Å². The van der Waals surface area contributed by atoms with Crippen molar-refractivity contribution in [2.45, 2.75) is 43.9 Å². The molecule has 2 unspecified atom stereocenters. The second-order valence-electron chi connectivity index (χ2n) is 4.14. The average molecular weight is 245 g/mol. The minimum Gasteiger partial charge on any atom is -0.479 e. The fraction of sp³-hybridized carbons (Fsp3) is 0.818. The Morgan fingerprint density at radius 2 is 2.38 bits per heavy atom. The van der Waals surface area contributed by atoms with Gasteiger partial charge in [0.2, 0.25) is 6.41 Å². The smallest absolute Gasteiger partial charge is 0.330 e. The summed E-state index contributed by atoms with van der Waals surface area (Å²) in [7, 11) is 0. The maximum absolute atomic E-state index is 11.5. The number of aliphatic carboxylic acids is 1. The van der Waals surface area contributed by atoms with Gasteiger partial charge in [0.25, 0.3) is 0 Å². The largest absolute Gasteiger partial charge is 0.479 e. The first-order valence-electron chi connectivity index (χ1n) is 5.66. The zero-order valence-electron chi connectivity index (χ0n) is 9.81. The molecule has 16 heavy (non-hydrogen) atoms. The van der Waals surface area contributed by atoms with E-state index in [0.717, 1.165) is 18.6 Å². The van der Waals surface area contributed by atoms with E-state index in [-0.39, 0.29) is 5.25 Å². The van der Waals surface area contributed by atoms with E-state index in [1.165, 1.54) is 4.90 Å². The quantitative estimate of drug-likeness (QED) is 0.747. The number of thioether (sulfide) groups is 1. The molecule has 1 amide bonds. The van der Waals surface area contributed by atoms with Crippen molar-refractivity contribution < 1.29 is 14.7 Å². The third-order valence-corrected chi connectivity index (χ3v) is 4.63. The van der Waals surface area contributed by atoms with Crippen LogP contribution >= 0.6 is 11.8 Å². The summed E-state index contributed by atoms with van der Waals surface area (Å²) in [5.41, 5.74) is -0.999. The van der Waals surface area contributed by atoms with Crippen LogP contribution in [0.4, 0.5) is 0 Å². The average Bonchev–Trinajstić information content (AvgIpc) is 2.27. The zero-order valence-corrected chi connectivity index (χ0v) is 10.6. The van der Waals surface area contributed by atoms with Crippen LogP contribution < -0.4 is 0 Å². The van der Waals surface area contributed by atoms with E-state index < -0.39 is 11.5 Å². The molecule has 1 saturated heterocycles. The molecule has 1 N–H and O–H groups in total. The molecule has 0 aromatic carbocycles. The molecule has 0 bridgehead atoms. The number of hydrogen-bond acceptors (Lipinski definition) is 3. The molecule has 1 heterocycles. The summed E-state index contributed by atoms with van der Waals surface area (Å²) < 4.78 is 0. The lowest BCUT2D eigenvalue weighted by atomic mass is 9.87. The first kappa shape index (κ1) is 13.4. The van der Waals surface area contributed by atoms with Crippen LogP contribution in [0.5, 0.6) is 0 Å². The molecule has 0 radical (unpaired) electrons. The molecule has 5 heteroatoms. The molecule has 0 aromatic rings. The van der Waals surface area contributed by atoms with Crippen LogP contribution in [0.25, 0.3) is 0 Å². The summed E-state index contributed by atoms with van der Waals surface area (Å²) in [6, 6.07) is 0. The minimum absolute atomic E-state index is 0.0458. The summed E-state index contributed by atoms with van der Waals surface area (Å²) in [6.45, 7) is 4.37. The highest BCUT2D eigenvalue weighted by Crippen LogP contribution is 2.38. The molecule has 0 aliphatic carbocycles. The maximum atomic E-state index is 11.5. The number of carbonyl (C=O) groups excluding carboxylic acids is 1. The third-order valence-electron chi connectivity index (χ3n) is 3.22. The van der Waals surface area contributed by atoms with Crippen molar-refractivity contribution in [2.75, 3.05) is 12.3 Å². The van der Waals surface area contributed by atoms with Crippen molar-refractivity contribution in [1.82, 2.24) is 4.90 Å². The van der Waals surface area contributed by atoms with Crippen LogP contribution in [0.2, 0.25) is 0 Å². The monoisotopic (exact) mass is 245 g/mol. The van der Waals surface area contributed by atoms with Crippen molar-refractivity contribution in [1.29, 1.82) is 0 Å². The normalized spacial score (nSPS) is 29.8. The van der Waals surface area contributed by atoms with Gasteiger partial charge >= 0.3 is 5.97 Å². The summed E-state index contributed by atoms with van der Waals surface area (Å²) in [6.07, 6.45) is 2.90. The number of carbonyl (C=O) groups is 2. The Labute approximate surface area is 100 Å². The van der Waals surface area contributed by atoms with Gasteiger partial charge in [-0.25, -0.2) is 4.79 Å². The molecule has 92 valence electrons. The van der Waals surface area contributed by atoms with Crippen molar-refractivity contribution >= 4 is 24.1 Å². The van der Waals surface area contributed by atoms with Crippen molar-refractivity contribution in [3.8, 4) is 0 Å². The van der Waals surface area contributed by atoms with Gasteiger partial charge in [-0.15, -0.1) is 0 Å². The fourth-order valence-corrected chi connectivity index (χ4v) is 3.61. The predicted molar refractivity (Wildman–Crippen MR) is 64.6 cm³/mol. The van der Waals surface area contributed by atoms with Gasteiger partial charge in [-0.2, -0.15) is 11.8 Å². The number of hydrogen-bond donors (Lipinski definition) is 1. The second-order valence-corrected chi connectivity index (χ2v) is 5.59. The number of nitrogens with zero attached hydrogens (tertiary/aromatic N) is 1. The molecule has 0 spiro atoms. The molecule has 2 atom stereocenters. The lowest BCUT2D eigenvalue weighted by molar-refractivity contribution is -0.156. The van der Waals surface area contributed by atoms with Crippen LogP contribution in [0.15, 0.2) is 0 Å². The van der Waals surface area contributed by atoms with Crippen molar-refractivity contribution in [2.24, 2.45) is 0 Å². The van der Waals surface area contributed by atoms with E-state index in [0.29, 0.717) is 19.4 Å². The first-order valence-corrected chi connectivity index (χ1v) is 6.71. The second kappa shape index (κ2) is 5.57. The lowest BCUT2D eigenvalue weighted by Gasteiger charge is -2.45. The van der Waals surface area contributed by atoms with Gasteiger partial charge in [-0.1, -0.05) is 13.8 Å². The van der Waals surface area contributed by atoms with E-state index in [9.17, 15) is 14.7 Å². The number of carboxylic acid groups (broad SMARTS) is 1. The fourth-order valence-electron chi connectivity index (χ4n) is 2.31. The van der Waals surface area contributed by atoms with E-state index in [4.69, 9.17) is 0 Å². The maximum Gasteiger partial charge on any atom is 0.330 e. The van der Waals surface area contributed by atoms with E-state index in [1.807, 2.05) is 13.8 Å². The topological polar surface area (TPSA) is 57.6 Å². The Balaban J connectivity index is 3.01. The highest BCUT2D eigenvalue weighted by molar-refractivity contribution is 8.00. The summed E-state index contributed by atoms with van der Waals surface area (Å²) >= 11 is 1.64. The van der Waals surface area contributed by atoms with E-state index >= 15 is 0 Å². The van der Waals surface area contributed by atoms with Gasteiger partial charge in [-0.3, -0.25) is 4.79 Å². The highest BCUT2D eigenvalue weighted by atomic mass is 32.2. The Bertz CT molecular complexity index is 272. The predicted octanol–water partition coefficient (Wildman–Crippen LogP) is 1.59. The molecule has 0 saturated carbocycles. The first-order chi connectivity index (χ1) is 7.59. The molecule has 0 aromatic heterocycles. The van der Waals surface area contributed by atoms with E-state index in [2.05, 4.69) is 0 Å². The SMILES string of the molecule is CCCN(C=O)C1(C(=O)O)CCCSC1C. The van der Waals surface area contributed by atoms with Crippen molar-refractivity contribution in [3.63, 3.8) is 0 Å². The molecular weight excluding hydrogens is 226 g/mol. The van der Waals surface area contributed by atoms with Gasteiger partial charge in [0.15, 0.2) is 5.54 Å². The summed E-state index contributed by atoms with van der Waals surface area (Å²) in [5, 5.41) is 9.43. The van der Waals surface area contributed by atoms with Gasteiger partial charge < -0.3 is 10.0 Å². The number of amides is 1. The zero-order chi connectivity index (χ0) is 12.2. The Hall–Kier alpha value is -0.710. The minimum atomic E-state index is -0.999. The number of rotatable bonds is 5. The Morgan fingerprint density at radius 3 is 2.81 bits per heavy atom. The van der Waals surface area contributed by atoms with Gasteiger partial charge in [0.1, 0.15) is 0 Å². The molecule has 1 aliphatic rings. The summed E-state index contributed by atoms with van der Waals surface area (Å²) in [4.78, 5) is 24.1. The Kier molecular flexibility index (Phi) is 4.65. The molecule has 1 rings (SSSR count). The number of carboxylic acids is 1. The highest BCUT2D eigenvalue weighted by Gasteiger charge is 2.49. The van der Waals surface area contributed by atoms with Crippen LogP contribution in [0, 0.1) is 0 Å². The van der Waals surface area contributed by atoms with Gasteiger partial charge in [0, 0.05) is 11.8 Å². The third kappa shape index (κ3) is 2.19. The molecule has 1 aliphatic heterocycles. The molecule has 1 fully saturated rings. The van der Waals surface area contributed by atoms with Crippen LogP contribution in [-0.4, -0.2) is 45.5 Å². The van der Waals surface area contributed by atoms with E-state index in [1.54, 1.807) is 11.8 Å². The van der Waals surface area contributed by atoms with Crippen LogP contribution in [0.1, 0.15) is 33.1 Å². The lowest BCUT2D eigenvalue weighted by Crippen LogP contribution is -2.61. The summed E-state index contributed by atoms with van der Waals surface area (Å²) in [5.74, 6) is 0.113. The van der Waals surface area contributed by atoms with Crippen molar-refractivity contribution in [3.05, 3.63) is 0 Å². The standard InChI is InChI=1S/C11H19NO3S/c1-3-6-12(8-13)11(10(14)15)5-4-7-16-9(11)2/h8-9H,3-7H2,1-2H3,(H,14,15). The Morgan fingerprint density at radius 1 is 1.69 bits per heavy atom. The van der Waals surface area contributed by atoms with Crippen LogP contribution in [-0.2, 0) is 9.59 Å². The molecule has 4 nitrogen and oxygen atoms in total. The van der Waals surface area contributed by atoms with Crippen LogP contribution in [0.3, 0.4) is 0 Å². The van der Waals surface area contributed by atoms with Gasteiger partial charge in [-0.05, 0) is 25.0 Å².